The highest BCUT2D eigenvalue weighted by atomic mass is 16.5. The number of likely N-dealkylation sites (tertiary alicyclic amines) is 1. The number of nitrogens with one attached hydrogen (secondary N) is 3. The molecule has 5 N–H and O–H groups in total. The summed E-state index contributed by atoms with van der Waals surface area (Å²) in [5.41, 5.74) is 6.73. The third-order valence-electron chi connectivity index (χ3n) is 12.7. The zero-order valence-corrected chi connectivity index (χ0v) is 41.3. The van der Waals surface area contributed by atoms with Crippen molar-refractivity contribution >= 4 is 35.5 Å². The molecule has 10 unspecified atom stereocenters. The largest absolute Gasteiger partial charge is 0.464 e. The first-order chi connectivity index (χ1) is 30.1. The van der Waals surface area contributed by atoms with Gasteiger partial charge in [-0.05, 0) is 62.6 Å². The van der Waals surface area contributed by atoms with Gasteiger partial charge in [-0.15, -0.1) is 0 Å². The Kier molecular flexibility index (Phi) is 24.0. The molecule has 1 aliphatic heterocycles. The van der Waals surface area contributed by atoms with Crippen molar-refractivity contribution in [2.24, 2.45) is 35.3 Å². The summed E-state index contributed by atoms with van der Waals surface area (Å²) in [7, 11) is 8.48. The van der Waals surface area contributed by atoms with Crippen LogP contribution in [0.5, 0.6) is 0 Å². The van der Waals surface area contributed by atoms with E-state index in [0.717, 1.165) is 5.56 Å². The van der Waals surface area contributed by atoms with Crippen molar-refractivity contribution in [2.75, 3.05) is 55.1 Å². The summed E-state index contributed by atoms with van der Waals surface area (Å²) in [5.74, 6) is -2.99. The van der Waals surface area contributed by atoms with E-state index in [1.807, 2.05) is 105 Å². The van der Waals surface area contributed by atoms with Crippen molar-refractivity contribution in [3.05, 3.63) is 35.9 Å². The Morgan fingerprint density at radius 3 is 2.02 bits per heavy atom. The van der Waals surface area contributed by atoms with Gasteiger partial charge in [0.2, 0.25) is 29.5 Å². The van der Waals surface area contributed by atoms with Crippen LogP contribution in [0.4, 0.5) is 0 Å². The van der Waals surface area contributed by atoms with Crippen LogP contribution in [0.25, 0.3) is 0 Å². The second-order valence-corrected chi connectivity index (χ2v) is 18.8. The Labute approximate surface area is 383 Å². The number of nitrogens with two attached hydrogens (primary N) is 1. The van der Waals surface area contributed by atoms with E-state index >= 15 is 0 Å². The van der Waals surface area contributed by atoms with Crippen molar-refractivity contribution in [2.45, 2.75) is 149 Å². The van der Waals surface area contributed by atoms with E-state index in [1.54, 1.807) is 30.9 Å². The van der Waals surface area contributed by atoms with Gasteiger partial charge >= 0.3 is 5.97 Å². The van der Waals surface area contributed by atoms with Crippen LogP contribution < -0.4 is 21.7 Å². The Morgan fingerprint density at radius 2 is 1.48 bits per heavy atom. The zero-order valence-electron chi connectivity index (χ0n) is 41.3. The highest BCUT2D eigenvalue weighted by Crippen LogP contribution is 2.30. The van der Waals surface area contributed by atoms with Crippen molar-refractivity contribution < 1.29 is 43.0 Å². The molecule has 1 heterocycles. The maximum absolute atomic E-state index is 14.4. The van der Waals surface area contributed by atoms with Gasteiger partial charge in [-0.3, -0.25) is 33.7 Å². The number of carbonyl (C=O) groups is 6. The lowest BCUT2D eigenvalue weighted by Crippen LogP contribution is -2.59. The van der Waals surface area contributed by atoms with E-state index in [9.17, 15) is 28.8 Å². The van der Waals surface area contributed by atoms with Crippen molar-refractivity contribution in [3.8, 4) is 0 Å². The molecule has 16 nitrogen and oxygen atoms in total. The van der Waals surface area contributed by atoms with Gasteiger partial charge in [-0.2, -0.15) is 0 Å². The number of methoxy groups -OCH3 is 2. The van der Waals surface area contributed by atoms with Crippen LogP contribution in [0.2, 0.25) is 0 Å². The highest BCUT2D eigenvalue weighted by molar-refractivity contribution is 5.91. The number of rotatable bonds is 27. The molecule has 16 heteroatoms. The van der Waals surface area contributed by atoms with Gasteiger partial charge in [0.25, 0.3) is 0 Å². The predicted molar refractivity (Wildman–Crippen MR) is 249 cm³/mol. The number of ether oxygens (including phenoxy) is 3. The fraction of sp³-hybridized carbons (Fsp3) is 0.750. The first-order valence-corrected chi connectivity index (χ1v) is 23.3. The summed E-state index contributed by atoms with van der Waals surface area (Å²) in [4.78, 5) is 87.3. The molecule has 0 radical (unpaired) electrons. The van der Waals surface area contributed by atoms with Crippen molar-refractivity contribution in [3.63, 3.8) is 0 Å². The first kappa shape index (κ1) is 56.0. The zero-order chi connectivity index (χ0) is 48.4. The maximum Gasteiger partial charge on any atom is 0.323 e. The number of amides is 5. The third kappa shape index (κ3) is 16.1. The van der Waals surface area contributed by atoms with Gasteiger partial charge < -0.3 is 45.7 Å². The van der Waals surface area contributed by atoms with Gasteiger partial charge in [0.05, 0.1) is 49.3 Å². The molecule has 0 aromatic heterocycles. The second kappa shape index (κ2) is 27.4. The molecular weight excluding hydrogens is 819 g/mol. The average molecular weight is 902 g/mol. The lowest BCUT2D eigenvalue weighted by atomic mass is 9.89. The third-order valence-corrected chi connectivity index (χ3v) is 12.7. The van der Waals surface area contributed by atoms with E-state index in [4.69, 9.17) is 19.9 Å². The molecule has 64 heavy (non-hydrogen) atoms. The normalized spacial score (nSPS) is 18.4. The second-order valence-electron chi connectivity index (χ2n) is 18.8. The van der Waals surface area contributed by atoms with E-state index in [0.29, 0.717) is 32.2 Å². The molecule has 0 aliphatic carbocycles. The van der Waals surface area contributed by atoms with Crippen molar-refractivity contribution in [1.29, 1.82) is 0 Å². The molecular formula is C48H83N7O9. The number of hydrogen-bond acceptors (Lipinski definition) is 11. The van der Waals surface area contributed by atoms with Gasteiger partial charge in [-0.25, -0.2) is 0 Å². The van der Waals surface area contributed by atoms with Crippen LogP contribution in [0.15, 0.2) is 30.3 Å². The molecule has 1 aliphatic rings. The minimum atomic E-state index is -0.916. The summed E-state index contributed by atoms with van der Waals surface area (Å²) in [6.45, 7) is 18.0. The van der Waals surface area contributed by atoms with Crippen LogP contribution >= 0.6 is 0 Å². The lowest BCUT2D eigenvalue weighted by molar-refractivity contribution is -0.148. The predicted octanol–water partition coefficient (Wildman–Crippen LogP) is 3.39. The molecule has 2 rings (SSSR count). The molecule has 5 amide bonds. The molecule has 0 spiro atoms. The minimum absolute atomic E-state index is 0.0194. The molecule has 1 aromatic rings. The lowest BCUT2D eigenvalue weighted by Gasteiger charge is -2.41. The van der Waals surface area contributed by atoms with Crippen molar-refractivity contribution in [1.82, 2.24) is 30.7 Å². The molecule has 1 aromatic carbocycles. The summed E-state index contributed by atoms with van der Waals surface area (Å²) >= 11 is 0. The number of esters is 1. The molecule has 1 fully saturated rings. The number of hydrogen-bond donors (Lipinski definition) is 4. The van der Waals surface area contributed by atoms with Crippen LogP contribution in [0.1, 0.15) is 100.0 Å². The molecule has 1 saturated heterocycles. The monoisotopic (exact) mass is 902 g/mol. The van der Waals surface area contributed by atoms with Crippen LogP contribution in [0, 0.1) is 29.6 Å². The smallest absolute Gasteiger partial charge is 0.323 e. The number of likely N-dealkylation sites (N-methyl/N-ethyl adjacent to an activating group) is 2. The van der Waals surface area contributed by atoms with E-state index in [2.05, 4.69) is 16.0 Å². The van der Waals surface area contributed by atoms with Gasteiger partial charge in [0.1, 0.15) is 18.1 Å². The molecule has 0 saturated carbocycles. The average Bonchev–Trinajstić information content (AvgIpc) is 3.73. The topological polar surface area (TPSA) is 202 Å². The quantitative estimate of drug-likeness (QED) is 0.0745. The first-order valence-electron chi connectivity index (χ1n) is 23.3. The summed E-state index contributed by atoms with van der Waals surface area (Å²) in [6, 6.07) is 5.60. The Hall–Kier alpha value is -4.12. The maximum atomic E-state index is 14.4. The highest BCUT2D eigenvalue weighted by Gasteiger charge is 2.43. The van der Waals surface area contributed by atoms with Gasteiger partial charge in [-0.1, -0.05) is 99.1 Å². The summed E-state index contributed by atoms with van der Waals surface area (Å²) in [5, 5.41) is 8.86. The molecule has 364 valence electrons. The number of nitrogens with zero attached hydrogens (tertiary/aromatic N) is 3. The van der Waals surface area contributed by atoms with E-state index < -0.39 is 66.3 Å². The van der Waals surface area contributed by atoms with E-state index in [-0.39, 0.29) is 73.3 Å². The van der Waals surface area contributed by atoms with E-state index in [1.165, 1.54) is 7.11 Å². The minimum Gasteiger partial charge on any atom is -0.464 e. The summed E-state index contributed by atoms with van der Waals surface area (Å²) < 4.78 is 17.3. The molecule has 0 bridgehead atoms. The standard InChI is InChI=1S/C48H83N7O9/c1-15-32(8)42(54(12)47(60)40(30(4)5)52-46(59)41(31(6)7)53(10)11)37(62-13)28-38(56)55-25-19-23-36(55)43(63-14)33(9)44(57)51-35(27-34-21-17-16-18-22-34)45(58)50-24-20-26-64-48(61)39(49)29(2)3/h16-18,21-22,29-33,35-37,39-43H,15,19-20,23-28,49H2,1-14H3,(H,50,58)(H,51,57)(H,52,59). The fourth-order valence-corrected chi connectivity index (χ4v) is 8.72. The van der Waals surface area contributed by atoms with Gasteiger partial charge in [0, 0.05) is 40.8 Å². The SMILES string of the molecule is CCC(C)C(C(CC(=O)N1CCCC1C(OC)C(C)C(=O)NC(Cc1ccccc1)C(=O)NCCCOC(=O)C(N)C(C)C)OC)N(C)C(=O)C(NC(=O)C(C(C)C)N(C)C)C(C)C. The summed E-state index contributed by atoms with van der Waals surface area (Å²) in [6.07, 6.45) is 1.23. The number of carbonyl (C=O) groups excluding carboxylic acids is 6. The van der Waals surface area contributed by atoms with Crippen LogP contribution in [-0.2, 0) is 49.4 Å². The Bertz CT molecular complexity index is 1620. The Morgan fingerprint density at radius 1 is 0.844 bits per heavy atom. The number of benzene rings is 1. The van der Waals surface area contributed by atoms with Gasteiger partial charge in [0.15, 0.2) is 0 Å². The van der Waals surface area contributed by atoms with Crippen LogP contribution in [0.3, 0.4) is 0 Å². The van der Waals surface area contributed by atoms with Crippen LogP contribution in [-0.4, -0.2) is 154 Å². The Balaban J connectivity index is 2.25. The molecule has 10 atom stereocenters. The fourth-order valence-electron chi connectivity index (χ4n) is 8.72.